The standard InChI is InChI=1S/C20H24N2O4/c1-3-19(23)21-16-8-10-17(11-9-16)22-20(24)15-6-5-7-18(14-15)26-13-12-25-4-2/h5-11,14H,3-4,12-13H2,1-2H3,(H,21,23)(H,22,24). The molecule has 0 unspecified atom stereocenters. The molecule has 0 saturated carbocycles. The summed E-state index contributed by atoms with van der Waals surface area (Å²) in [5, 5.41) is 5.59. The minimum atomic E-state index is -0.231. The lowest BCUT2D eigenvalue weighted by molar-refractivity contribution is -0.115. The molecule has 0 heterocycles. The van der Waals surface area contributed by atoms with Crippen molar-refractivity contribution in [2.24, 2.45) is 0 Å². The van der Waals surface area contributed by atoms with Gasteiger partial charge in [0.15, 0.2) is 0 Å². The Bertz CT molecular complexity index is 729. The summed E-state index contributed by atoms with van der Waals surface area (Å²) >= 11 is 0. The quantitative estimate of drug-likeness (QED) is 0.672. The fraction of sp³-hybridized carbons (Fsp3) is 0.300. The van der Waals surface area contributed by atoms with E-state index in [0.717, 1.165) is 0 Å². The van der Waals surface area contributed by atoms with E-state index in [2.05, 4.69) is 10.6 Å². The Balaban J connectivity index is 1.93. The fourth-order valence-electron chi connectivity index (χ4n) is 2.18. The average Bonchev–Trinajstić information content (AvgIpc) is 2.67. The van der Waals surface area contributed by atoms with Crippen LogP contribution in [0.2, 0.25) is 0 Å². The van der Waals surface area contributed by atoms with Gasteiger partial charge < -0.3 is 20.1 Å². The molecule has 0 aromatic heterocycles. The lowest BCUT2D eigenvalue weighted by Crippen LogP contribution is -2.13. The van der Waals surface area contributed by atoms with Gasteiger partial charge in [0, 0.05) is 30.0 Å². The molecule has 0 radical (unpaired) electrons. The fourth-order valence-corrected chi connectivity index (χ4v) is 2.18. The molecule has 2 amide bonds. The van der Waals surface area contributed by atoms with Crippen LogP contribution >= 0.6 is 0 Å². The number of ether oxygens (including phenoxy) is 2. The molecule has 0 fully saturated rings. The zero-order chi connectivity index (χ0) is 18.8. The van der Waals surface area contributed by atoms with Gasteiger partial charge >= 0.3 is 0 Å². The highest BCUT2D eigenvalue weighted by atomic mass is 16.5. The van der Waals surface area contributed by atoms with Crippen LogP contribution in [0.4, 0.5) is 11.4 Å². The number of carbonyl (C=O) groups excluding carboxylic acids is 2. The van der Waals surface area contributed by atoms with Crippen LogP contribution < -0.4 is 15.4 Å². The van der Waals surface area contributed by atoms with E-state index in [1.807, 2.05) is 6.92 Å². The highest BCUT2D eigenvalue weighted by Gasteiger charge is 2.08. The van der Waals surface area contributed by atoms with E-state index in [1.54, 1.807) is 55.5 Å². The van der Waals surface area contributed by atoms with Crippen LogP contribution in [0.15, 0.2) is 48.5 Å². The number of carbonyl (C=O) groups is 2. The first-order chi connectivity index (χ1) is 12.6. The van der Waals surface area contributed by atoms with Crippen LogP contribution in [-0.4, -0.2) is 31.6 Å². The predicted molar refractivity (Wildman–Crippen MR) is 102 cm³/mol. The van der Waals surface area contributed by atoms with Gasteiger partial charge in [0.1, 0.15) is 12.4 Å². The van der Waals surface area contributed by atoms with Gasteiger partial charge in [-0.3, -0.25) is 9.59 Å². The summed E-state index contributed by atoms with van der Waals surface area (Å²) in [6, 6.07) is 14.0. The maximum Gasteiger partial charge on any atom is 0.255 e. The number of hydrogen-bond acceptors (Lipinski definition) is 4. The van der Waals surface area contributed by atoms with Crippen molar-refractivity contribution >= 4 is 23.2 Å². The number of amides is 2. The predicted octanol–water partition coefficient (Wildman–Crippen LogP) is 3.70. The summed E-state index contributed by atoms with van der Waals surface area (Å²) in [5.41, 5.74) is 1.84. The molecule has 2 aromatic carbocycles. The van der Waals surface area contributed by atoms with Crippen LogP contribution in [0.25, 0.3) is 0 Å². The third-order valence-electron chi connectivity index (χ3n) is 3.54. The Morgan fingerprint density at radius 2 is 1.62 bits per heavy atom. The maximum atomic E-state index is 12.4. The monoisotopic (exact) mass is 356 g/mol. The Labute approximate surface area is 153 Å². The van der Waals surface area contributed by atoms with E-state index in [1.165, 1.54) is 0 Å². The van der Waals surface area contributed by atoms with Gasteiger partial charge in [-0.25, -0.2) is 0 Å². The van der Waals surface area contributed by atoms with Crippen molar-refractivity contribution < 1.29 is 19.1 Å². The molecule has 0 bridgehead atoms. The number of nitrogens with one attached hydrogen (secondary N) is 2. The number of hydrogen-bond donors (Lipinski definition) is 2. The molecule has 0 aliphatic heterocycles. The number of benzene rings is 2. The normalized spacial score (nSPS) is 10.2. The highest BCUT2D eigenvalue weighted by Crippen LogP contribution is 2.17. The lowest BCUT2D eigenvalue weighted by Gasteiger charge is -2.09. The number of rotatable bonds is 9. The van der Waals surface area contributed by atoms with Crippen molar-refractivity contribution in [3.05, 3.63) is 54.1 Å². The Hall–Kier alpha value is -2.86. The molecule has 0 atom stereocenters. The first-order valence-electron chi connectivity index (χ1n) is 8.64. The summed E-state index contributed by atoms with van der Waals surface area (Å²) in [7, 11) is 0. The summed E-state index contributed by atoms with van der Waals surface area (Å²) in [5.74, 6) is 0.337. The molecule has 2 rings (SSSR count). The summed E-state index contributed by atoms with van der Waals surface area (Å²) in [6.07, 6.45) is 0.418. The van der Waals surface area contributed by atoms with Crippen molar-refractivity contribution in [2.45, 2.75) is 20.3 Å². The first kappa shape index (κ1) is 19.5. The highest BCUT2D eigenvalue weighted by molar-refractivity contribution is 6.04. The molecule has 6 heteroatoms. The third kappa shape index (κ3) is 6.22. The molecular weight excluding hydrogens is 332 g/mol. The van der Waals surface area contributed by atoms with Crippen LogP contribution in [0.1, 0.15) is 30.6 Å². The number of anilines is 2. The van der Waals surface area contributed by atoms with Crippen LogP contribution in [0.5, 0.6) is 5.75 Å². The Morgan fingerprint density at radius 3 is 2.27 bits per heavy atom. The van der Waals surface area contributed by atoms with Crippen molar-refractivity contribution in [1.29, 1.82) is 0 Å². The molecule has 0 saturated heterocycles. The summed E-state index contributed by atoms with van der Waals surface area (Å²) in [6.45, 7) is 5.30. The smallest absolute Gasteiger partial charge is 0.255 e. The zero-order valence-electron chi connectivity index (χ0n) is 15.1. The van der Waals surface area contributed by atoms with E-state index in [4.69, 9.17) is 9.47 Å². The summed E-state index contributed by atoms with van der Waals surface area (Å²) < 4.78 is 10.8. The molecule has 6 nitrogen and oxygen atoms in total. The SMILES string of the molecule is CCOCCOc1cccc(C(=O)Nc2ccc(NC(=O)CC)cc2)c1. The van der Waals surface area contributed by atoms with Gasteiger partial charge in [-0.1, -0.05) is 13.0 Å². The van der Waals surface area contributed by atoms with Crippen molar-refractivity contribution in [2.75, 3.05) is 30.5 Å². The first-order valence-corrected chi connectivity index (χ1v) is 8.64. The molecule has 0 aliphatic rings. The van der Waals surface area contributed by atoms with E-state index < -0.39 is 0 Å². The largest absolute Gasteiger partial charge is 0.491 e. The van der Waals surface area contributed by atoms with Crippen LogP contribution in [-0.2, 0) is 9.53 Å². The van der Waals surface area contributed by atoms with Crippen LogP contribution in [0.3, 0.4) is 0 Å². The van der Waals surface area contributed by atoms with Gasteiger partial charge in [0.25, 0.3) is 5.91 Å². The average molecular weight is 356 g/mol. The maximum absolute atomic E-state index is 12.4. The molecular formula is C20H24N2O4. The van der Waals surface area contributed by atoms with E-state index in [0.29, 0.717) is 48.9 Å². The second-order valence-electron chi connectivity index (χ2n) is 5.51. The third-order valence-corrected chi connectivity index (χ3v) is 3.54. The van der Waals surface area contributed by atoms with Crippen molar-refractivity contribution in [1.82, 2.24) is 0 Å². The summed E-state index contributed by atoms with van der Waals surface area (Å²) in [4.78, 5) is 23.8. The molecule has 26 heavy (non-hydrogen) atoms. The Kier molecular flexibility index (Phi) is 7.64. The van der Waals surface area contributed by atoms with Crippen molar-refractivity contribution in [3.63, 3.8) is 0 Å². The molecule has 0 spiro atoms. The molecule has 0 aliphatic carbocycles. The minimum Gasteiger partial charge on any atom is -0.491 e. The van der Waals surface area contributed by atoms with Gasteiger partial charge in [0.2, 0.25) is 5.91 Å². The molecule has 2 N–H and O–H groups in total. The van der Waals surface area contributed by atoms with E-state index in [-0.39, 0.29) is 11.8 Å². The second-order valence-corrected chi connectivity index (χ2v) is 5.51. The molecule has 138 valence electrons. The van der Waals surface area contributed by atoms with Crippen molar-refractivity contribution in [3.8, 4) is 5.75 Å². The lowest BCUT2D eigenvalue weighted by atomic mass is 10.2. The van der Waals surface area contributed by atoms with Gasteiger partial charge in [-0.2, -0.15) is 0 Å². The topological polar surface area (TPSA) is 76.7 Å². The zero-order valence-corrected chi connectivity index (χ0v) is 15.1. The van der Waals surface area contributed by atoms with E-state index >= 15 is 0 Å². The molecule has 2 aromatic rings. The second kappa shape index (κ2) is 10.2. The van der Waals surface area contributed by atoms with Gasteiger partial charge in [-0.15, -0.1) is 0 Å². The van der Waals surface area contributed by atoms with Crippen LogP contribution in [0, 0.1) is 0 Å². The van der Waals surface area contributed by atoms with Gasteiger partial charge in [-0.05, 0) is 49.4 Å². The van der Waals surface area contributed by atoms with Gasteiger partial charge in [0.05, 0.1) is 6.61 Å². The Morgan fingerprint density at radius 1 is 0.923 bits per heavy atom. The van der Waals surface area contributed by atoms with E-state index in [9.17, 15) is 9.59 Å². The minimum absolute atomic E-state index is 0.0528.